The van der Waals surface area contributed by atoms with Crippen LogP contribution < -0.4 is 0 Å². The molecule has 0 bridgehead atoms. The second-order valence-corrected chi connectivity index (χ2v) is 4.91. The molecule has 7 heteroatoms. The van der Waals surface area contributed by atoms with Crippen LogP contribution in [0.5, 0.6) is 0 Å². The predicted octanol–water partition coefficient (Wildman–Crippen LogP) is 1.03. The molecule has 0 aliphatic rings. The van der Waals surface area contributed by atoms with Crippen molar-refractivity contribution in [2.75, 3.05) is 0 Å². The first kappa shape index (κ1) is 20.0. The molecule has 0 saturated carbocycles. The van der Waals surface area contributed by atoms with Gasteiger partial charge in [0.05, 0.1) is 0 Å². The number of hydrogen-bond donors (Lipinski definition) is 2. The zero-order valence-corrected chi connectivity index (χ0v) is 13.0. The van der Waals surface area contributed by atoms with Gasteiger partial charge in [-0.2, -0.15) is 0 Å². The molecule has 0 spiro atoms. The Hall–Kier alpha value is -2.02. The van der Waals surface area contributed by atoms with Gasteiger partial charge in [0.2, 0.25) is 0 Å². The number of carboxylic acids is 1. The average Bonchev–Trinajstić information content (AvgIpc) is 2.46. The first-order chi connectivity index (χ1) is 10.2. The molecule has 2 N–H and O–H groups in total. The van der Waals surface area contributed by atoms with Crippen molar-refractivity contribution in [2.45, 2.75) is 58.7 Å². The Bertz CT molecular complexity index is 463. The first-order valence-corrected chi connectivity index (χ1v) is 6.98. The summed E-state index contributed by atoms with van der Waals surface area (Å²) in [7, 11) is 0. The topological polar surface area (TPSA) is 118 Å². The molecule has 0 rings (SSSR count). The van der Waals surface area contributed by atoms with Crippen LogP contribution in [-0.4, -0.2) is 45.9 Å². The highest BCUT2D eigenvalue weighted by Crippen LogP contribution is 2.12. The number of carbonyl (C=O) groups is 4. The van der Waals surface area contributed by atoms with Gasteiger partial charge in [0, 0.05) is 31.3 Å². The number of allylic oxidation sites excluding steroid dienone is 1. The van der Waals surface area contributed by atoms with Gasteiger partial charge in [-0.15, -0.1) is 0 Å². The fourth-order valence-corrected chi connectivity index (χ4v) is 1.50. The molecule has 2 unspecified atom stereocenters. The number of esters is 1. The molecule has 0 aromatic rings. The van der Waals surface area contributed by atoms with Crippen LogP contribution in [0.3, 0.4) is 0 Å². The van der Waals surface area contributed by atoms with Gasteiger partial charge >= 0.3 is 11.9 Å². The number of ether oxygens (including phenoxy) is 1. The maximum absolute atomic E-state index is 12.0. The Kier molecular flexibility index (Phi) is 8.93. The molecular formula is C15H22O7. The third kappa shape index (κ3) is 7.68. The molecule has 7 nitrogen and oxygen atoms in total. The largest absolute Gasteiger partial charge is 0.481 e. The Morgan fingerprint density at radius 2 is 1.64 bits per heavy atom. The molecule has 0 aromatic heterocycles. The van der Waals surface area contributed by atoms with Crippen LogP contribution >= 0.6 is 0 Å². The Labute approximate surface area is 129 Å². The Morgan fingerprint density at radius 1 is 1.09 bits per heavy atom. The van der Waals surface area contributed by atoms with Crippen LogP contribution in [0.4, 0.5) is 0 Å². The third-order valence-corrected chi connectivity index (χ3v) is 3.07. The zero-order valence-electron chi connectivity index (χ0n) is 13.0. The summed E-state index contributed by atoms with van der Waals surface area (Å²) in [5.41, 5.74) is 0.299. The number of rotatable bonds is 10. The molecule has 0 saturated heterocycles. The van der Waals surface area contributed by atoms with E-state index in [9.17, 15) is 19.2 Å². The van der Waals surface area contributed by atoms with Crippen molar-refractivity contribution in [3.8, 4) is 0 Å². The van der Waals surface area contributed by atoms with Crippen molar-refractivity contribution in [2.24, 2.45) is 0 Å². The lowest BCUT2D eigenvalue weighted by Crippen LogP contribution is -2.29. The number of aliphatic hydroxyl groups excluding tert-OH is 1. The summed E-state index contributed by atoms with van der Waals surface area (Å²) in [6, 6.07) is 0. The van der Waals surface area contributed by atoms with Crippen LogP contribution in [0.1, 0.15) is 46.5 Å². The second kappa shape index (κ2) is 9.83. The standard InChI is InChI=1S/C15H22O7/c1-4-9(2)15(21)22-13(7-8-14(19)20)12(18)6-5-11(17)10(3)16/h4,10,13,16H,5-8H2,1-3H3,(H,19,20)/b9-4+. The summed E-state index contributed by atoms with van der Waals surface area (Å²) in [5.74, 6) is -2.85. The molecule has 0 aliphatic carbocycles. The Balaban J connectivity index is 4.76. The van der Waals surface area contributed by atoms with Crippen molar-refractivity contribution in [3.05, 3.63) is 11.6 Å². The minimum atomic E-state index is -1.21. The lowest BCUT2D eigenvalue weighted by Gasteiger charge is -2.16. The quantitative estimate of drug-likeness (QED) is 0.456. The van der Waals surface area contributed by atoms with Gasteiger partial charge in [0.25, 0.3) is 0 Å². The highest BCUT2D eigenvalue weighted by atomic mass is 16.5. The highest BCUT2D eigenvalue weighted by Gasteiger charge is 2.25. The fourth-order valence-electron chi connectivity index (χ4n) is 1.50. The number of carboxylic acid groups (broad SMARTS) is 1. The van der Waals surface area contributed by atoms with Crippen LogP contribution in [-0.2, 0) is 23.9 Å². The van der Waals surface area contributed by atoms with E-state index in [-0.39, 0.29) is 25.7 Å². The smallest absolute Gasteiger partial charge is 0.334 e. The summed E-state index contributed by atoms with van der Waals surface area (Å²) in [6.07, 6.45) is -1.74. The van der Waals surface area contributed by atoms with Gasteiger partial charge < -0.3 is 14.9 Å². The molecule has 0 fully saturated rings. The molecule has 0 amide bonds. The van der Waals surface area contributed by atoms with E-state index < -0.39 is 35.7 Å². The van der Waals surface area contributed by atoms with Gasteiger partial charge in [-0.05, 0) is 20.8 Å². The Morgan fingerprint density at radius 3 is 2.09 bits per heavy atom. The van der Waals surface area contributed by atoms with Crippen molar-refractivity contribution in [1.29, 1.82) is 0 Å². The summed E-state index contributed by atoms with van der Waals surface area (Å²) in [4.78, 5) is 45.6. The van der Waals surface area contributed by atoms with Crippen molar-refractivity contribution in [3.63, 3.8) is 0 Å². The van der Waals surface area contributed by atoms with Crippen LogP contribution in [0, 0.1) is 0 Å². The van der Waals surface area contributed by atoms with E-state index in [0.717, 1.165) is 0 Å². The van der Waals surface area contributed by atoms with E-state index in [2.05, 4.69) is 0 Å². The number of hydrogen-bond acceptors (Lipinski definition) is 6. The minimum absolute atomic E-state index is 0.153. The first-order valence-electron chi connectivity index (χ1n) is 6.98. The van der Waals surface area contributed by atoms with E-state index >= 15 is 0 Å². The lowest BCUT2D eigenvalue weighted by molar-refractivity contribution is -0.153. The monoisotopic (exact) mass is 314 g/mol. The maximum atomic E-state index is 12.0. The van der Waals surface area contributed by atoms with Crippen molar-refractivity contribution in [1.82, 2.24) is 0 Å². The molecule has 124 valence electrons. The van der Waals surface area contributed by atoms with Gasteiger partial charge in [-0.3, -0.25) is 14.4 Å². The lowest BCUT2D eigenvalue weighted by atomic mass is 10.0. The molecule has 0 heterocycles. The third-order valence-electron chi connectivity index (χ3n) is 3.07. The predicted molar refractivity (Wildman–Crippen MR) is 77.1 cm³/mol. The average molecular weight is 314 g/mol. The summed E-state index contributed by atoms with van der Waals surface area (Å²) < 4.78 is 5.01. The number of aliphatic hydroxyl groups is 1. The van der Waals surface area contributed by atoms with Gasteiger partial charge in [0.1, 0.15) is 6.10 Å². The molecular weight excluding hydrogens is 292 g/mol. The van der Waals surface area contributed by atoms with Crippen molar-refractivity contribution < 1.29 is 34.1 Å². The summed E-state index contributed by atoms with van der Waals surface area (Å²) >= 11 is 0. The number of ketones is 2. The zero-order chi connectivity index (χ0) is 17.3. The SMILES string of the molecule is C/C=C(\C)C(=O)OC(CCC(=O)O)C(=O)CCC(=O)C(C)O. The molecule has 2 atom stereocenters. The molecule has 0 aliphatic heterocycles. The normalized spacial score (nSPS) is 14.1. The van der Waals surface area contributed by atoms with Crippen LogP contribution in [0.25, 0.3) is 0 Å². The number of aliphatic carboxylic acids is 1. The van der Waals surface area contributed by atoms with Crippen LogP contribution in [0.15, 0.2) is 11.6 Å². The minimum Gasteiger partial charge on any atom is -0.481 e. The van der Waals surface area contributed by atoms with E-state index in [0.29, 0.717) is 5.57 Å². The van der Waals surface area contributed by atoms with Crippen molar-refractivity contribution >= 4 is 23.5 Å². The van der Waals surface area contributed by atoms with Gasteiger partial charge in [0.15, 0.2) is 17.7 Å². The van der Waals surface area contributed by atoms with E-state index in [1.165, 1.54) is 19.9 Å². The molecule has 0 radical (unpaired) electrons. The van der Waals surface area contributed by atoms with Gasteiger partial charge in [-0.25, -0.2) is 4.79 Å². The van der Waals surface area contributed by atoms with Crippen LogP contribution in [0.2, 0.25) is 0 Å². The summed E-state index contributed by atoms with van der Waals surface area (Å²) in [5, 5.41) is 17.7. The molecule has 0 aromatic carbocycles. The van der Waals surface area contributed by atoms with Gasteiger partial charge in [-0.1, -0.05) is 6.08 Å². The summed E-state index contributed by atoms with van der Waals surface area (Å²) in [6.45, 7) is 4.44. The fraction of sp³-hybridized carbons (Fsp3) is 0.600. The second-order valence-electron chi connectivity index (χ2n) is 4.91. The highest BCUT2D eigenvalue weighted by molar-refractivity contribution is 5.93. The number of carbonyl (C=O) groups excluding carboxylic acids is 3. The van der Waals surface area contributed by atoms with E-state index in [1.807, 2.05) is 0 Å². The van der Waals surface area contributed by atoms with E-state index in [1.54, 1.807) is 6.92 Å². The van der Waals surface area contributed by atoms with E-state index in [4.69, 9.17) is 14.9 Å². The molecule has 22 heavy (non-hydrogen) atoms. The number of Topliss-reactive ketones (excluding diaryl/α,β-unsaturated/α-hetero) is 2. The maximum Gasteiger partial charge on any atom is 0.334 e.